The van der Waals surface area contributed by atoms with Crippen LogP contribution in [0.4, 0.5) is 0 Å². The van der Waals surface area contributed by atoms with Gasteiger partial charge < -0.3 is 4.74 Å². The van der Waals surface area contributed by atoms with E-state index < -0.39 is 0 Å². The molecular formula is C5H8O3. The van der Waals surface area contributed by atoms with Gasteiger partial charge in [0.2, 0.25) is 0 Å². The Morgan fingerprint density at radius 2 is 1.88 bits per heavy atom. The molecule has 0 rings (SSSR count). The van der Waals surface area contributed by atoms with E-state index in [1.165, 1.54) is 20.0 Å². The van der Waals surface area contributed by atoms with Crippen LogP contribution in [0.15, 0.2) is 6.58 Å². The van der Waals surface area contributed by atoms with Crippen LogP contribution in [-0.4, -0.2) is 19.0 Å². The molecule has 0 saturated carbocycles. The Kier molecular flexibility index (Phi) is 11.7. The number of carbonyl (C=O) groups is 1. The maximum absolute atomic E-state index is 9.59. The predicted molar refractivity (Wildman–Crippen MR) is 29.0 cm³/mol. The fourth-order valence-electron chi connectivity index (χ4n) is 0. The second-order valence-electron chi connectivity index (χ2n) is 0.840. The Bertz CT molecular complexity index is 89.8. The van der Waals surface area contributed by atoms with Crippen molar-refractivity contribution in [3.63, 3.8) is 0 Å². The summed E-state index contributed by atoms with van der Waals surface area (Å²) < 4.78 is 4.11. The summed E-state index contributed by atoms with van der Waals surface area (Å²) in [5, 5.41) is 0. The van der Waals surface area contributed by atoms with E-state index in [-0.39, 0.29) is 5.97 Å². The molecule has 0 aromatic rings. The minimum Gasteiger partial charge on any atom is -0.469 e. The molecule has 0 N–H and O–H groups in total. The molecule has 0 heterocycles. The summed E-state index contributed by atoms with van der Waals surface area (Å²) in [4.78, 5) is 18.2. The average Bonchev–Trinajstić information content (AvgIpc) is 1.69. The lowest BCUT2D eigenvalue weighted by Gasteiger charge is -1.80. The van der Waals surface area contributed by atoms with Crippen molar-refractivity contribution in [3.05, 3.63) is 6.58 Å². The van der Waals surface area contributed by atoms with E-state index >= 15 is 0 Å². The first-order chi connectivity index (χ1) is 3.68. The van der Waals surface area contributed by atoms with Crippen molar-refractivity contribution in [1.82, 2.24) is 0 Å². The molecule has 0 aliphatic carbocycles. The summed E-state index contributed by atoms with van der Waals surface area (Å²) in [6.07, 6.45) is 0. The Labute approximate surface area is 48.0 Å². The highest BCUT2D eigenvalue weighted by molar-refractivity contribution is 5.65. The van der Waals surface area contributed by atoms with Gasteiger partial charge in [-0.1, -0.05) is 0 Å². The number of ether oxygens (including phenoxy) is 1. The molecule has 0 saturated heterocycles. The van der Waals surface area contributed by atoms with Gasteiger partial charge in [-0.2, -0.15) is 0 Å². The maximum Gasteiger partial charge on any atom is 0.302 e. The molecule has 0 fully saturated rings. The van der Waals surface area contributed by atoms with Gasteiger partial charge >= 0.3 is 5.97 Å². The summed E-state index contributed by atoms with van der Waals surface area (Å²) in [6.45, 7) is 4.04. The van der Waals surface area contributed by atoms with Crippen LogP contribution in [0, 0.1) is 0 Å². The molecule has 3 nitrogen and oxygen atoms in total. The van der Waals surface area contributed by atoms with Crippen LogP contribution in [0.25, 0.3) is 0 Å². The van der Waals surface area contributed by atoms with Gasteiger partial charge in [-0.25, -0.2) is 4.79 Å². The van der Waals surface area contributed by atoms with Gasteiger partial charge in [0.15, 0.2) is 0 Å². The van der Waals surface area contributed by atoms with Gasteiger partial charge in [-0.15, -0.1) is 0 Å². The number of hydrogen-bond acceptors (Lipinski definition) is 3. The molecule has 8 heavy (non-hydrogen) atoms. The first-order valence-electron chi connectivity index (χ1n) is 1.87. The Morgan fingerprint density at radius 1 is 1.75 bits per heavy atom. The van der Waals surface area contributed by atoms with Crippen LogP contribution >= 0.6 is 0 Å². The summed E-state index contributed by atoms with van der Waals surface area (Å²) in [6, 6.07) is 0. The molecule has 0 unspecified atom stereocenters. The zero-order valence-corrected chi connectivity index (χ0v) is 4.93. The second-order valence-corrected chi connectivity index (χ2v) is 0.840. The molecule has 0 amide bonds. The number of methoxy groups -OCH3 is 1. The van der Waals surface area contributed by atoms with Gasteiger partial charge in [-0.3, -0.25) is 4.79 Å². The molecule has 0 aliphatic heterocycles. The molecule has 0 atom stereocenters. The van der Waals surface area contributed by atoms with Gasteiger partial charge in [0.1, 0.15) is 5.94 Å². The SMILES string of the molecule is C=C=O.COC(C)=O. The monoisotopic (exact) mass is 116 g/mol. The third-order valence-electron chi connectivity index (χ3n) is 0.287. The van der Waals surface area contributed by atoms with E-state index in [9.17, 15) is 4.79 Å². The number of rotatable bonds is 0. The standard InChI is InChI=1S/C3H6O2.C2H2O/c1-3(4)5-2;1-2-3/h1-2H3;1H2. The van der Waals surface area contributed by atoms with E-state index in [2.05, 4.69) is 11.3 Å². The van der Waals surface area contributed by atoms with Crippen molar-refractivity contribution in [2.24, 2.45) is 0 Å². The Morgan fingerprint density at radius 3 is 1.88 bits per heavy atom. The normalized spacial score (nSPS) is 5.25. The van der Waals surface area contributed by atoms with Crippen molar-refractivity contribution in [2.45, 2.75) is 6.92 Å². The van der Waals surface area contributed by atoms with E-state index in [1.807, 2.05) is 0 Å². The summed E-state index contributed by atoms with van der Waals surface area (Å²) in [5.74, 6) is 1.00. The highest BCUT2D eigenvalue weighted by Crippen LogP contribution is 1.60. The van der Waals surface area contributed by atoms with Gasteiger partial charge in [-0.05, 0) is 6.58 Å². The number of carbonyl (C=O) groups excluding carboxylic acids is 2. The quantitative estimate of drug-likeness (QED) is 0.335. The van der Waals surface area contributed by atoms with Crippen LogP contribution in [0.3, 0.4) is 0 Å². The summed E-state index contributed by atoms with van der Waals surface area (Å²) in [7, 11) is 1.35. The van der Waals surface area contributed by atoms with Crippen LogP contribution in [-0.2, 0) is 14.3 Å². The molecule has 0 spiro atoms. The molecule has 0 radical (unpaired) electrons. The fraction of sp³-hybridized carbons (Fsp3) is 0.400. The molecule has 3 heteroatoms. The van der Waals surface area contributed by atoms with E-state index in [4.69, 9.17) is 4.79 Å². The predicted octanol–water partition coefficient (Wildman–Crippen LogP) is 0.183. The third-order valence-corrected chi connectivity index (χ3v) is 0.287. The van der Waals surface area contributed by atoms with E-state index in [0.29, 0.717) is 0 Å². The second kappa shape index (κ2) is 9.33. The smallest absolute Gasteiger partial charge is 0.302 e. The molecule has 0 aromatic heterocycles. The topological polar surface area (TPSA) is 43.4 Å². The first kappa shape index (κ1) is 10.0. The lowest BCUT2D eigenvalue weighted by molar-refractivity contribution is -0.137. The Hall–Kier alpha value is -1.08. The molecule has 0 aromatic carbocycles. The lowest BCUT2D eigenvalue weighted by atomic mass is 10.8. The number of hydrogen-bond donors (Lipinski definition) is 0. The third kappa shape index (κ3) is 89.3. The van der Waals surface area contributed by atoms with Gasteiger partial charge in [0, 0.05) is 6.92 Å². The van der Waals surface area contributed by atoms with Crippen LogP contribution in [0.2, 0.25) is 0 Å². The first-order valence-corrected chi connectivity index (χ1v) is 1.87. The largest absolute Gasteiger partial charge is 0.469 e. The minimum absolute atomic E-state index is 0.245. The van der Waals surface area contributed by atoms with Gasteiger partial charge in [0.05, 0.1) is 7.11 Å². The van der Waals surface area contributed by atoms with Crippen molar-refractivity contribution in [3.8, 4) is 0 Å². The highest BCUT2D eigenvalue weighted by Gasteiger charge is 1.75. The highest BCUT2D eigenvalue weighted by atomic mass is 16.5. The Balaban J connectivity index is 0. The van der Waals surface area contributed by atoms with Crippen molar-refractivity contribution in [2.75, 3.05) is 7.11 Å². The zero-order chi connectivity index (χ0) is 6.99. The van der Waals surface area contributed by atoms with E-state index in [1.54, 1.807) is 0 Å². The zero-order valence-electron chi connectivity index (χ0n) is 4.93. The maximum atomic E-state index is 9.59. The fourth-order valence-corrected chi connectivity index (χ4v) is 0. The van der Waals surface area contributed by atoms with Gasteiger partial charge in [0.25, 0.3) is 0 Å². The molecule has 0 bridgehead atoms. The molecular weight excluding hydrogens is 108 g/mol. The van der Waals surface area contributed by atoms with Crippen LogP contribution in [0.1, 0.15) is 6.92 Å². The lowest BCUT2D eigenvalue weighted by Crippen LogP contribution is -1.88. The van der Waals surface area contributed by atoms with Crippen molar-refractivity contribution in [1.29, 1.82) is 0 Å². The van der Waals surface area contributed by atoms with Crippen LogP contribution < -0.4 is 0 Å². The van der Waals surface area contributed by atoms with Crippen molar-refractivity contribution >= 4 is 11.9 Å². The van der Waals surface area contributed by atoms with E-state index in [0.717, 1.165) is 0 Å². The summed E-state index contributed by atoms with van der Waals surface area (Å²) in [5.41, 5.74) is 0. The number of esters is 1. The molecule has 0 aliphatic rings. The van der Waals surface area contributed by atoms with Crippen molar-refractivity contribution < 1.29 is 14.3 Å². The minimum atomic E-state index is -0.245. The van der Waals surface area contributed by atoms with Crippen LogP contribution in [0.5, 0.6) is 0 Å². The average molecular weight is 116 g/mol. The summed E-state index contributed by atoms with van der Waals surface area (Å²) >= 11 is 0. The molecule has 46 valence electrons.